The summed E-state index contributed by atoms with van der Waals surface area (Å²) in [5.41, 5.74) is 0. The molecule has 122 valence electrons. The molecular weight excluding hydrogens is 288 g/mol. The van der Waals surface area contributed by atoms with Gasteiger partial charge in [-0.2, -0.15) is 0 Å². The van der Waals surface area contributed by atoms with Crippen LogP contribution in [0.15, 0.2) is 0 Å². The van der Waals surface area contributed by atoms with Gasteiger partial charge in [-0.05, 0) is 24.6 Å². The fraction of sp³-hybridized carbons (Fsp3) is 0.867. The van der Waals surface area contributed by atoms with E-state index < -0.39 is 26.6 Å². The molecule has 0 heterocycles. The Labute approximate surface area is 128 Å². The normalized spacial score (nSPS) is 27.6. The molecule has 0 bridgehead atoms. The summed E-state index contributed by atoms with van der Waals surface area (Å²) in [6.45, 7) is 12.0. The van der Waals surface area contributed by atoms with E-state index in [2.05, 4.69) is 33.9 Å². The predicted octanol–water partition coefficient (Wildman–Crippen LogP) is 2.69. The van der Waals surface area contributed by atoms with Crippen molar-refractivity contribution in [2.24, 2.45) is 0 Å². The number of rotatable bonds is 4. The highest BCUT2D eigenvalue weighted by Gasteiger charge is 2.47. The fourth-order valence-electron chi connectivity index (χ4n) is 2.23. The Kier molecular flexibility index (Phi) is 5.74. The van der Waals surface area contributed by atoms with Crippen molar-refractivity contribution in [2.45, 2.75) is 77.0 Å². The Morgan fingerprint density at radius 3 is 2.29 bits per heavy atom. The first-order valence-corrected chi connectivity index (χ1v) is 10.3. The molecule has 3 atom stereocenters. The van der Waals surface area contributed by atoms with Gasteiger partial charge in [0, 0.05) is 20.5 Å². The van der Waals surface area contributed by atoms with Gasteiger partial charge in [-0.1, -0.05) is 20.8 Å². The highest BCUT2D eigenvalue weighted by atomic mass is 28.4. The van der Waals surface area contributed by atoms with Crippen LogP contribution in [0.25, 0.3) is 0 Å². The number of methoxy groups -OCH3 is 1. The second kappa shape index (κ2) is 6.58. The predicted molar refractivity (Wildman–Crippen MR) is 82.7 cm³/mol. The highest BCUT2D eigenvalue weighted by Crippen LogP contribution is 2.39. The van der Waals surface area contributed by atoms with E-state index in [1.165, 1.54) is 14.0 Å². The molecule has 0 unspecified atom stereocenters. The first-order chi connectivity index (χ1) is 9.49. The number of carbonyl (C=O) groups is 2. The second-order valence-electron chi connectivity index (χ2n) is 7.15. The van der Waals surface area contributed by atoms with Gasteiger partial charge in [0.1, 0.15) is 18.3 Å². The molecule has 0 radical (unpaired) electrons. The molecule has 0 aromatic heterocycles. The maximum absolute atomic E-state index is 12.1. The number of ether oxygens (including phenoxy) is 2. The van der Waals surface area contributed by atoms with Crippen molar-refractivity contribution < 1.29 is 23.5 Å². The fourth-order valence-corrected chi connectivity index (χ4v) is 3.54. The quantitative estimate of drug-likeness (QED) is 0.589. The van der Waals surface area contributed by atoms with Crippen molar-refractivity contribution >= 4 is 20.1 Å². The highest BCUT2D eigenvalue weighted by molar-refractivity contribution is 6.74. The summed E-state index contributed by atoms with van der Waals surface area (Å²) in [5.74, 6) is -0.336. The number of hydrogen-bond donors (Lipinski definition) is 0. The molecule has 1 fully saturated rings. The lowest BCUT2D eigenvalue weighted by Crippen LogP contribution is -2.56. The first-order valence-electron chi connectivity index (χ1n) is 7.40. The van der Waals surface area contributed by atoms with Gasteiger partial charge >= 0.3 is 5.97 Å². The summed E-state index contributed by atoms with van der Waals surface area (Å²) in [7, 11) is -0.596. The van der Waals surface area contributed by atoms with Crippen LogP contribution in [0.5, 0.6) is 0 Å². The molecule has 5 nitrogen and oxygen atoms in total. The van der Waals surface area contributed by atoms with E-state index in [1.54, 1.807) is 0 Å². The van der Waals surface area contributed by atoms with Crippen LogP contribution >= 0.6 is 0 Å². The monoisotopic (exact) mass is 316 g/mol. The molecule has 6 heteroatoms. The molecule has 0 amide bonds. The molecule has 0 aromatic rings. The molecule has 0 saturated heterocycles. The Morgan fingerprint density at radius 2 is 1.86 bits per heavy atom. The van der Waals surface area contributed by atoms with Crippen LogP contribution in [0.4, 0.5) is 0 Å². The summed E-state index contributed by atoms with van der Waals surface area (Å²) in [4.78, 5) is 23.4. The van der Waals surface area contributed by atoms with Gasteiger partial charge < -0.3 is 13.9 Å². The topological polar surface area (TPSA) is 61.8 Å². The minimum atomic E-state index is -2.10. The average Bonchev–Trinajstić information content (AvgIpc) is 2.31. The minimum absolute atomic E-state index is 0.00651. The number of ketones is 1. The zero-order chi connectivity index (χ0) is 16.4. The zero-order valence-corrected chi connectivity index (χ0v) is 15.2. The van der Waals surface area contributed by atoms with E-state index in [-0.39, 0.29) is 16.8 Å². The zero-order valence-electron chi connectivity index (χ0n) is 14.2. The second-order valence-corrected chi connectivity index (χ2v) is 11.9. The van der Waals surface area contributed by atoms with Crippen LogP contribution in [-0.2, 0) is 23.5 Å². The van der Waals surface area contributed by atoms with Crippen LogP contribution in [0.2, 0.25) is 18.1 Å². The van der Waals surface area contributed by atoms with Crippen molar-refractivity contribution in [3.05, 3.63) is 0 Å². The van der Waals surface area contributed by atoms with Crippen molar-refractivity contribution in [3.63, 3.8) is 0 Å². The van der Waals surface area contributed by atoms with Gasteiger partial charge in [-0.25, -0.2) is 0 Å². The van der Waals surface area contributed by atoms with Crippen molar-refractivity contribution in [3.8, 4) is 0 Å². The van der Waals surface area contributed by atoms with E-state index in [0.29, 0.717) is 12.8 Å². The molecule has 1 aliphatic carbocycles. The van der Waals surface area contributed by atoms with E-state index >= 15 is 0 Å². The van der Waals surface area contributed by atoms with Crippen LogP contribution in [0.1, 0.15) is 40.5 Å². The Morgan fingerprint density at radius 1 is 1.29 bits per heavy atom. The van der Waals surface area contributed by atoms with Crippen molar-refractivity contribution in [1.82, 2.24) is 0 Å². The lowest BCUT2D eigenvalue weighted by Gasteiger charge is -2.44. The largest absolute Gasteiger partial charge is 0.460 e. The molecule has 0 aromatic carbocycles. The Hall–Kier alpha value is -0.723. The minimum Gasteiger partial charge on any atom is -0.460 e. The third-order valence-corrected chi connectivity index (χ3v) is 8.94. The number of hydrogen-bond acceptors (Lipinski definition) is 5. The summed E-state index contributed by atoms with van der Waals surface area (Å²) in [6, 6.07) is 0. The van der Waals surface area contributed by atoms with Gasteiger partial charge in [0.05, 0.1) is 0 Å². The van der Waals surface area contributed by atoms with Crippen molar-refractivity contribution in [1.29, 1.82) is 0 Å². The Bertz CT molecular complexity index is 399. The molecule has 1 aliphatic rings. The van der Waals surface area contributed by atoms with Gasteiger partial charge in [-0.15, -0.1) is 0 Å². The van der Waals surface area contributed by atoms with E-state index in [0.717, 1.165) is 0 Å². The SMILES string of the molecule is CO[C@@H]1C(=O)CC[C@H](OC(C)=O)[C@H]1O[Si](C)(C)C(C)(C)C. The summed E-state index contributed by atoms with van der Waals surface area (Å²) in [5, 5.41) is 0.00651. The van der Waals surface area contributed by atoms with Gasteiger partial charge in [0.25, 0.3) is 0 Å². The molecule has 0 spiro atoms. The third kappa shape index (κ3) is 4.37. The summed E-state index contributed by atoms with van der Waals surface area (Å²) in [6.07, 6.45) is -0.733. The molecule has 0 N–H and O–H groups in total. The van der Waals surface area contributed by atoms with Crippen molar-refractivity contribution in [2.75, 3.05) is 7.11 Å². The smallest absolute Gasteiger partial charge is 0.302 e. The number of Topliss-reactive ketones (excluding diaryl/α,β-unsaturated/α-hetero) is 1. The number of carbonyl (C=O) groups excluding carboxylic acids is 2. The third-order valence-electron chi connectivity index (χ3n) is 4.47. The summed E-state index contributed by atoms with van der Waals surface area (Å²) >= 11 is 0. The van der Waals surface area contributed by atoms with Gasteiger partial charge in [0.15, 0.2) is 14.1 Å². The van der Waals surface area contributed by atoms with Crippen LogP contribution in [0.3, 0.4) is 0 Å². The van der Waals surface area contributed by atoms with Crippen LogP contribution < -0.4 is 0 Å². The first kappa shape index (κ1) is 18.3. The molecule has 0 aliphatic heterocycles. The van der Waals surface area contributed by atoms with Crippen LogP contribution in [-0.4, -0.2) is 45.5 Å². The van der Waals surface area contributed by atoms with E-state index in [9.17, 15) is 9.59 Å². The molecular formula is C15H28O5Si. The van der Waals surface area contributed by atoms with E-state index in [4.69, 9.17) is 13.9 Å². The van der Waals surface area contributed by atoms with Gasteiger partial charge in [-0.3, -0.25) is 9.59 Å². The maximum Gasteiger partial charge on any atom is 0.302 e. The van der Waals surface area contributed by atoms with Crippen LogP contribution in [0, 0.1) is 0 Å². The average molecular weight is 316 g/mol. The number of esters is 1. The van der Waals surface area contributed by atoms with Gasteiger partial charge in [0.2, 0.25) is 0 Å². The Balaban J connectivity index is 3.02. The maximum atomic E-state index is 12.1. The standard InChI is InChI=1S/C15H28O5Si/c1-10(16)19-12-9-8-11(17)13(18-5)14(12)20-21(6,7)15(2,3)4/h12-14H,8-9H2,1-7H3/t12-,13+,14+/m0/s1. The lowest BCUT2D eigenvalue weighted by molar-refractivity contribution is -0.168. The lowest BCUT2D eigenvalue weighted by atomic mass is 9.91. The summed E-state index contributed by atoms with van der Waals surface area (Å²) < 4.78 is 17.1. The van der Waals surface area contributed by atoms with E-state index in [1.807, 2.05) is 0 Å². The molecule has 21 heavy (non-hydrogen) atoms. The molecule has 1 rings (SSSR count). The molecule has 1 saturated carbocycles.